The number of nitrogens with one attached hydrogen (secondary N) is 1. The molecule has 0 aliphatic carbocycles. The van der Waals surface area contributed by atoms with E-state index in [2.05, 4.69) is 11.4 Å². The van der Waals surface area contributed by atoms with E-state index in [0.29, 0.717) is 25.6 Å². The second kappa shape index (κ2) is 7.56. The smallest absolute Gasteiger partial charge is 0.317 e. The number of amides is 2. The summed E-state index contributed by atoms with van der Waals surface area (Å²) in [5, 5.41) is 2.93. The number of urea groups is 1. The van der Waals surface area contributed by atoms with Crippen LogP contribution in [-0.2, 0) is 0 Å². The van der Waals surface area contributed by atoms with Gasteiger partial charge in [-0.1, -0.05) is 24.3 Å². The van der Waals surface area contributed by atoms with Gasteiger partial charge in [-0.3, -0.25) is 0 Å². The van der Waals surface area contributed by atoms with Crippen molar-refractivity contribution in [3.8, 4) is 17.2 Å². The molecule has 1 atom stereocenters. The molecule has 2 heterocycles. The van der Waals surface area contributed by atoms with E-state index in [-0.39, 0.29) is 12.8 Å². The Kier molecular flexibility index (Phi) is 4.82. The molecule has 2 amide bonds. The van der Waals surface area contributed by atoms with Gasteiger partial charge in [0.25, 0.3) is 0 Å². The fraction of sp³-hybridized carbons (Fsp3) is 0.350. The minimum atomic E-state index is -0.0371. The molecule has 2 aromatic rings. The largest absolute Gasteiger partial charge is 0.492 e. The molecule has 1 N–H and O–H groups in total. The second-order valence-corrected chi connectivity index (χ2v) is 6.44. The molecule has 6 nitrogen and oxygen atoms in total. The topological polar surface area (TPSA) is 60.0 Å². The van der Waals surface area contributed by atoms with Gasteiger partial charge in [-0.15, -0.1) is 0 Å². The number of para-hydroxylation sites is 1. The van der Waals surface area contributed by atoms with Crippen LogP contribution in [0.2, 0.25) is 0 Å². The Bertz CT molecular complexity index is 766. The van der Waals surface area contributed by atoms with Gasteiger partial charge in [0.1, 0.15) is 12.4 Å². The van der Waals surface area contributed by atoms with Crippen molar-refractivity contribution >= 4 is 6.03 Å². The average Bonchev–Trinajstić information content (AvgIpc) is 3.34. The third-order valence-electron chi connectivity index (χ3n) is 4.73. The minimum absolute atomic E-state index is 0.0371. The highest BCUT2D eigenvalue weighted by molar-refractivity contribution is 5.74. The maximum Gasteiger partial charge on any atom is 0.317 e. The number of nitrogens with zero attached hydrogens (tertiary/aromatic N) is 1. The summed E-state index contributed by atoms with van der Waals surface area (Å²) in [6, 6.07) is 15.6. The van der Waals surface area contributed by atoms with Crippen LogP contribution < -0.4 is 19.5 Å². The molecule has 1 unspecified atom stereocenters. The van der Waals surface area contributed by atoms with Crippen LogP contribution in [-0.4, -0.2) is 44.0 Å². The van der Waals surface area contributed by atoms with Crippen LogP contribution in [0.5, 0.6) is 17.2 Å². The minimum Gasteiger partial charge on any atom is -0.492 e. The Hall–Kier alpha value is -2.89. The number of benzene rings is 2. The molecule has 136 valence electrons. The van der Waals surface area contributed by atoms with Gasteiger partial charge in [0.05, 0.1) is 6.54 Å². The predicted octanol–water partition coefficient (Wildman–Crippen LogP) is 2.99. The van der Waals surface area contributed by atoms with Crippen LogP contribution in [0.3, 0.4) is 0 Å². The highest BCUT2D eigenvalue weighted by Crippen LogP contribution is 2.37. The number of hydrogen-bond acceptors (Lipinski definition) is 4. The van der Waals surface area contributed by atoms with Crippen LogP contribution >= 0.6 is 0 Å². The lowest BCUT2D eigenvalue weighted by Gasteiger charge is -2.18. The summed E-state index contributed by atoms with van der Waals surface area (Å²) in [5.74, 6) is 2.73. The number of carbonyl (C=O) groups excluding carboxylic acids is 1. The molecule has 0 saturated carbocycles. The van der Waals surface area contributed by atoms with Gasteiger partial charge >= 0.3 is 6.03 Å². The van der Waals surface area contributed by atoms with Crippen molar-refractivity contribution in [1.29, 1.82) is 0 Å². The van der Waals surface area contributed by atoms with E-state index < -0.39 is 0 Å². The number of carbonyl (C=O) groups is 1. The lowest BCUT2D eigenvalue weighted by Crippen LogP contribution is -2.40. The van der Waals surface area contributed by atoms with E-state index in [1.165, 1.54) is 5.56 Å². The van der Waals surface area contributed by atoms with Gasteiger partial charge in [-0.25, -0.2) is 4.79 Å². The first kappa shape index (κ1) is 16.6. The van der Waals surface area contributed by atoms with Crippen LogP contribution in [0.1, 0.15) is 17.9 Å². The summed E-state index contributed by atoms with van der Waals surface area (Å²) in [7, 11) is 0. The zero-order valence-electron chi connectivity index (χ0n) is 14.5. The van der Waals surface area contributed by atoms with Gasteiger partial charge in [0.2, 0.25) is 6.79 Å². The van der Waals surface area contributed by atoms with Gasteiger partial charge in [-0.05, 0) is 36.2 Å². The second-order valence-electron chi connectivity index (χ2n) is 6.44. The Morgan fingerprint density at radius 1 is 1.15 bits per heavy atom. The van der Waals surface area contributed by atoms with E-state index in [0.717, 1.165) is 30.2 Å². The maximum absolute atomic E-state index is 12.3. The van der Waals surface area contributed by atoms with Gasteiger partial charge in [0.15, 0.2) is 11.5 Å². The molecule has 2 aliphatic heterocycles. The Morgan fingerprint density at radius 3 is 2.88 bits per heavy atom. The molecule has 1 fully saturated rings. The molecule has 6 heteroatoms. The third kappa shape index (κ3) is 3.69. The lowest BCUT2D eigenvalue weighted by atomic mass is 9.98. The van der Waals surface area contributed by atoms with Crippen molar-refractivity contribution in [2.24, 2.45) is 0 Å². The zero-order valence-corrected chi connectivity index (χ0v) is 14.5. The van der Waals surface area contributed by atoms with E-state index in [9.17, 15) is 4.79 Å². The van der Waals surface area contributed by atoms with Gasteiger partial charge in [0, 0.05) is 19.0 Å². The SMILES string of the molecule is O=C(NCCOc1ccccc1)N1CCC(c2ccc3c(c2)OCO3)C1. The molecule has 2 aromatic carbocycles. The molecular formula is C20H22N2O4. The number of rotatable bonds is 5. The Labute approximate surface area is 152 Å². The van der Waals surface area contributed by atoms with Gasteiger partial charge < -0.3 is 24.4 Å². The molecule has 0 bridgehead atoms. The van der Waals surface area contributed by atoms with Crippen molar-refractivity contribution in [3.05, 3.63) is 54.1 Å². The van der Waals surface area contributed by atoms with Crippen molar-refractivity contribution in [3.63, 3.8) is 0 Å². The average molecular weight is 354 g/mol. The van der Waals surface area contributed by atoms with Crippen molar-refractivity contribution < 1.29 is 19.0 Å². The van der Waals surface area contributed by atoms with E-state index in [1.54, 1.807) is 0 Å². The normalized spacial score (nSPS) is 18.0. The molecule has 2 aliphatic rings. The number of ether oxygens (including phenoxy) is 3. The monoisotopic (exact) mass is 354 g/mol. The Balaban J connectivity index is 1.24. The van der Waals surface area contributed by atoms with Gasteiger partial charge in [-0.2, -0.15) is 0 Å². The summed E-state index contributed by atoms with van der Waals surface area (Å²) in [5.41, 5.74) is 1.19. The maximum atomic E-state index is 12.3. The molecule has 0 radical (unpaired) electrons. The third-order valence-corrected chi connectivity index (χ3v) is 4.73. The van der Waals surface area contributed by atoms with Crippen molar-refractivity contribution in [1.82, 2.24) is 10.2 Å². The fourth-order valence-electron chi connectivity index (χ4n) is 3.34. The van der Waals surface area contributed by atoms with Crippen LogP contribution in [0.15, 0.2) is 48.5 Å². The number of fused-ring (bicyclic) bond motifs is 1. The van der Waals surface area contributed by atoms with E-state index >= 15 is 0 Å². The summed E-state index contributed by atoms with van der Waals surface area (Å²) in [6.45, 7) is 2.69. The van der Waals surface area contributed by atoms with Crippen LogP contribution in [0, 0.1) is 0 Å². The highest BCUT2D eigenvalue weighted by atomic mass is 16.7. The molecule has 4 rings (SSSR count). The quantitative estimate of drug-likeness (QED) is 0.839. The standard InChI is InChI=1S/C20H22N2O4/c23-20(21-9-11-24-17-4-2-1-3-5-17)22-10-8-16(13-22)15-6-7-18-19(12-15)26-14-25-18/h1-7,12,16H,8-11,13-14H2,(H,21,23). The summed E-state index contributed by atoms with van der Waals surface area (Å²) in [4.78, 5) is 14.2. The van der Waals surface area contributed by atoms with Crippen molar-refractivity contribution in [2.75, 3.05) is 33.0 Å². The zero-order chi connectivity index (χ0) is 17.8. The summed E-state index contributed by atoms with van der Waals surface area (Å²) in [6.07, 6.45) is 0.952. The number of likely N-dealkylation sites (tertiary alicyclic amines) is 1. The molecule has 0 spiro atoms. The van der Waals surface area contributed by atoms with Crippen LogP contribution in [0.25, 0.3) is 0 Å². The first-order valence-electron chi connectivity index (χ1n) is 8.90. The first-order valence-corrected chi connectivity index (χ1v) is 8.90. The summed E-state index contributed by atoms with van der Waals surface area (Å²) >= 11 is 0. The predicted molar refractivity (Wildman–Crippen MR) is 96.8 cm³/mol. The van der Waals surface area contributed by atoms with Crippen molar-refractivity contribution in [2.45, 2.75) is 12.3 Å². The Morgan fingerprint density at radius 2 is 2.00 bits per heavy atom. The fourth-order valence-corrected chi connectivity index (χ4v) is 3.34. The molecule has 1 saturated heterocycles. The summed E-state index contributed by atoms with van der Waals surface area (Å²) < 4.78 is 16.4. The van der Waals surface area contributed by atoms with E-state index in [1.807, 2.05) is 47.4 Å². The first-order chi connectivity index (χ1) is 12.8. The highest BCUT2D eigenvalue weighted by Gasteiger charge is 2.28. The molecule has 0 aromatic heterocycles. The lowest BCUT2D eigenvalue weighted by molar-refractivity contribution is 0.174. The van der Waals surface area contributed by atoms with E-state index in [4.69, 9.17) is 14.2 Å². The molecular weight excluding hydrogens is 332 g/mol. The molecule has 26 heavy (non-hydrogen) atoms. The van der Waals surface area contributed by atoms with Crippen LogP contribution in [0.4, 0.5) is 4.79 Å². The number of hydrogen-bond donors (Lipinski definition) is 1.